The minimum atomic E-state index is 0.613. The van der Waals surface area contributed by atoms with E-state index < -0.39 is 0 Å². The predicted octanol–water partition coefficient (Wildman–Crippen LogP) is 3.77. The van der Waals surface area contributed by atoms with E-state index in [1.54, 1.807) is 0 Å². The van der Waals surface area contributed by atoms with Crippen molar-refractivity contribution in [3.05, 3.63) is 36.1 Å². The van der Waals surface area contributed by atoms with Crippen LogP contribution >= 0.6 is 0 Å². The Kier molecular flexibility index (Phi) is 4.61. The van der Waals surface area contributed by atoms with Gasteiger partial charge in [0.15, 0.2) is 0 Å². The normalized spacial score (nSPS) is 23.0. The molecule has 1 aliphatic carbocycles. The Morgan fingerprint density at radius 1 is 1.24 bits per heavy atom. The standard InChI is InChI=1S/C18H26N2O/c1-2-20(17-9-5-3-8-15(17)12-19)13-16-11-14-7-4-6-10-18(14)21-16/h4,6-7,10-11,15,17H,2-3,5,8-9,12-13,19H2,1H3. The highest BCUT2D eigenvalue weighted by Crippen LogP contribution is 2.29. The average molecular weight is 286 g/mol. The summed E-state index contributed by atoms with van der Waals surface area (Å²) in [4.78, 5) is 2.55. The molecule has 2 N–H and O–H groups in total. The lowest BCUT2D eigenvalue weighted by Gasteiger charge is -2.38. The number of benzene rings is 1. The molecule has 0 aliphatic heterocycles. The second-order valence-corrected chi connectivity index (χ2v) is 6.16. The minimum Gasteiger partial charge on any atom is -0.460 e. The van der Waals surface area contributed by atoms with Gasteiger partial charge in [-0.3, -0.25) is 4.90 Å². The number of hydrogen-bond donors (Lipinski definition) is 1. The lowest BCUT2D eigenvalue weighted by molar-refractivity contribution is 0.0990. The van der Waals surface area contributed by atoms with E-state index in [-0.39, 0.29) is 0 Å². The third-order valence-corrected chi connectivity index (χ3v) is 4.88. The Morgan fingerprint density at radius 2 is 2.05 bits per heavy atom. The first-order chi connectivity index (χ1) is 10.3. The number of nitrogens with two attached hydrogens (primary N) is 1. The first kappa shape index (κ1) is 14.6. The Labute approximate surface area is 127 Å². The van der Waals surface area contributed by atoms with Crippen LogP contribution in [0.2, 0.25) is 0 Å². The van der Waals surface area contributed by atoms with Crippen LogP contribution in [0.25, 0.3) is 11.0 Å². The first-order valence-electron chi connectivity index (χ1n) is 8.23. The highest BCUT2D eigenvalue weighted by molar-refractivity contribution is 5.77. The van der Waals surface area contributed by atoms with Crippen LogP contribution < -0.4 is 5.73 Å². The Bertz CT molecular complexity index is 544. The smallest absolute Gasteiger partial charge is 0.134 e. The number of furan rings is 1. The maximum atomic E-state index is 5.99. The number of rotatable bonds is 5. The Morgan fingerprint density at radius 3 is 2.81 bits per heavy atom. The van der Waals surface area contributed by atoms with Gasteiger partial charge in [0.1, 0.15) is 11.3 Å². The number of hydrogen-bond acceptors (Lipinski definition) is 3. The summed E-state index contributed by atoms with van der Waals surface area (Å²) in [5.41, 5.74) is 6.98. The summed E-state index contributed by atoms with van der Waals surface area (Å²) >= 11 is 0. The zero-order chi connectivity index (χ0) is 14.7. The van der Waals surface area contributed by atoms with Crippen molar-refractivity contribution in [2.45, 2.75) is 45.2 Å². The largest absolute Gasteiger partial charge is 0.460 e. The van der Waals surface area contributed by atoms with Crippen molar-refractivity contribution in [2.75, 3.05) is 13.1 Å². The van der Waals surface area contributed by atoms with E-state index in [1.807, 2.05) is 12.1 Å². The lowest BCUT2D eigenvalue weighted by atomic mass is 9.83. The zero-order valence-corrected chi connectivity index (χ0v) is 12.9. The molecule has 2 atom stereocenters. The summed E-state index contributed by atoms with van der Waals surface area (Å²) in [5.74, 6) is 1.71. The molecule has 3 heteroatoms. The van der Waals surface area contributed by atoms with E-state index in [0.717, 1.165) is 31.0 Å². The number of fused-ring (bicyclic) bond motifs is 1. The monoisotopic (exact) mass is 286 g/mol. The SMILES string of the molecule is CCN(Cc1cc2ccccc2o1)C1CCCCC1CN. The van der Waals surface area contributed by atoms with E-state index in [4.69, 9.17) is 10.2 Å². The van der Waals surface area contributed by atoms with Crippen molar-refractivity contribution in [2.24, 2.45) is 11.7 Å². The Hall–Kier alpha value is -1.32. The van der Waals surface area contributed by atoms with Gasteiger partial charge in [-0.15, -0.1) is 0 Å². The zero-order valence-electron chi connectivity index (χ0n) is 12.9. The van der Waals surface area contributed by atoms with Crippen LogP contribution in [0.1, 0.15) is 38.4 Å². The van der Waals surface area contributed by atoms with Crippen LogP contribution in [0.4, 0.5) is 0 Å². The molecule has 3 rings (SSSR count). The molecule has 2 aromatic rings. The minimum absolute atomic E-state index is 0.613. The fraction of sp³-hybridized carbons (Fsp3) is 0.556. The van der Waals surface area contributed by atoms with Crippen molar-refractivity contribution < 1.29 is 4.42 Å². The maximum absolute atomic E-state index is 5.99. The second kappa shape index (κ2) is 6.63. The van der Waals surface area contributed by atoms with Crippen molar-refractivity contribution in [3.8, 4) is 0 Å². The average Bonchev–Trinajstić information content (AvgIpc) is 2.95. The topological polar surface area (TPSA) is 42.4 Å². The van der Waals surface area contributed by atoms with Gasteiger partial charge in [-0.2, -0.15) is 0 Å². The quantitative estimate of drug-likeness (QED) is 0.909. The van der Waals surface area contributed by atoms with Gasteiger partial charge in [-0.25, -0.2) is 0 Å². The fourth-order valence-corrected chi connectivity index (χ4v) is 3.72. The van der Waals surface area contributed by atoms with E-state index in [9.17, 15) is 0 Å². The predicted molar refractivity (Wildman–Crippen MR) is 87.1 cm³/mol. The van der Waals surface area contributed by atoms with Crippen LogP contribution in [0, 0.1) is 5.92 Å². The highest BCUT2D eigenvalue weighted by Gasteiger charge is 2.28. The van der Waals surface area contributed by atoms with Gasteiger partial charge >= 0.3 is 0 Å². The van der Waals surface area contributed by atoms with Gasteiger partial charge in [-0.05, 0) is 44.0 Å². The van der Waals surface area contributed by atoms with Crippen LogP contribution in [-0.2, 0) is 6.54 Å². The highest BCUT2D eigenvalue weighted by atomic mass is 16.3. The van der Waals surface area contributed by atoms with Crippen molar-refractivity contribution in [1.82, 2.24) is 4.90 Å². The fourth-order valence-electron chi connectivity index (χ4n) is 3.72. The molecule has 0 amide bonds. The molecule has 1 heterocycles. The number of para-hydroxylation sites is 1. The summed E-state index contributed by atoms with van der Waals surface area (Å²) in [6.07, 6.45) is 5.21. The van der Waals surface area contributed by atoms with E-state index >= 15 is 0 Å². The third-order valence-electron chi connectivity index (χ3n) is 4.88. The van der Waals surface area contributed by atoms with Gasteiger partial charge in [0.2, 0.25) is 0 Å². The molecule has 2 unspecified atom stereocenters. The lowest BCUT2D eigenvalue weighted by Crippen LogP contribution is -2.44. The molecule has 1 saturated carbocycles. The molecule has 0 radical (unpaired) electrons. The summed E-state index contributed by atoms with van der Waals surface area (Å²) in [6.45, 7) is 5.00. The molecular weight excluding hydrogens is 260 g/mol. The van der Waals surface area contributed by atoms with Crippen molar-refractivity contribution >= 4 is 11.0 Å². The van der Waals surface area contributed by atoms with Gasteiger partial charge in [0.25, 0.3) is 0 Å². The molecule has 0 saturated heterocycles. The van der Waals surface area contributed by atoms with Crippen molar-refractivity contribution in [1.29, 1.82) is 0 Å². The van der Waals surface area contributed by atoms with E-state index in [0.29, 0.717) is 12.0 Å². The van der Waals surface area contributed by atoms with Crippen LogP contribution in [0.3, 0.4) is 0 Å². The Balaban J connectivity index is 1.76. The molecule has 0 bridgehead atoms. The van der Waals surface area contributed by atoms with Gasteiger partial charge in [-0.1, -0.05) is 38.0 Å². The maximum Gasteiger partial charge on any atom is 0.134 e. The number of nitrogens with zero attached hydrogens (tertiary/aromatic N) is 1. The summed E-state index contributed by atoms with van der Waals surface area (Å²) in [6, 6.07) is 11.0. The summed E-state index contributed by atoms with van der Waals surface area (Å²) < 4.78 is 5.99. The van der Waals surface area contributed by atoms with Gasteiger partial charge in [0.05, 0.1) is 6.54 Å². The molecule has 0 spiro atoms. The van der Waals surface area contributed by atoms with E-state index in [1.165, 1.54) is 31.1 Å². The molecule has 1 aliphatic rings. The molecule has 3 nitrogen and oxygen atoms in total. The molecule has 1 aromatic heterocycles. The van der Waals surface area contributed by atoms with Gasteiger partial charge < -0.3 is 10.2 Å². The first-order valence-corrected chi connectivity index (χ1v) is 8.23. The summed E-state index contributed by atoms with van der Waals surface area (Å²) in [7, 11) is 0. The molecule has 1 aromatic carbocycles. The van der Waals surface area contributed by atoms with Crippen molar-refractivity contribution in [3.63, 3.8) is 0 Å². The third kappa shape index (κ3) is 3.14. The summed E-state index contributed by atoms with van der Waals surface area (Å²) in [5, 5.41) is 1.20. The molecule has 114 valence electrons. The van der Waals surface area contributed by atoms with Crippen LogP contribution in [0.15, 0.2) is 34.7 Å². The second-order valence-electron chi connectivity index (χ2n) is 6.16. The molecular formula is C18H26N2O. The van der Waals surface area contributed by atoms with E-state index in [2.05, 4.69) is 30.0 Å². The molecule has 1 fully saturated rings. The van der Waals surface area contributed by atoms with Crippen LogP contribution in [-0.4, -0.2) is 24.0 Å². The van der Waals surface area contributed by atoms with Crippen LogP contribution in [0.5, 0.6) is 0 Å². The molecule has 21 heavy (non-hydrogen) atoms. The van der Waals surface area contributed by atoms with Gasteiger partial charge in [0, 0.05) is 11.4 Å².